The zero-order valence-corrected chi connectivity index (χ0v) is 70.4. The van der Waals surface area contributed by atoms with Gasteiger partial charge in [0.05, 0.1) is 53.6 Å². The van der Waals surface area contributed by atoms with E-state index < -0.39 is 127 Å². The Morgan fingerprint density at radius 3 is 1.06 bits per heavy atom. The van der Waals surface area contributed by atoms with E-state index in [0.717, 1.165) is 0 Å². The van der Waals surface area contributed by atoms with E-state index in [1.165, 1.54) is 82.4 Å². The molecule has 6 atom stereocenters. The van der Waals surface area contributed by atoms with Crippen molar-refractivity contribution in [2.45, 2.75) is 87.6 Å². The number of hydrogen-bond acceptors (Lipinski definition) is 33. The molecule has 0 radical (unpaired) electrons. The number of H-pyrrole nitrogens is 2. The Bertz CT molecular complexity index is 3410. The van der Waals surface area contributed by atoms with Crippen molar-refractivity contribution in [3.05, 3.63) is 104 Å². The van der Waals surface area contributed by atoms with Gasteiger partial charge in [0.1, 0.15) is 72.0 Å². The first kappa shape index (κ1) is 119. The standard InChI is InChI=1S/C11H19N3O6S.C10H17N3O6S.2C9H14N4O3.C8H8O3.C7H6O3.2C3H7NO2.C2H5NO2.CH3.2Zn/c1-21-5-7(10(18)13-4-9(16)17)14-8(15)3-2-6(12)11(19)20;11-5(10(18)19)1-2-7(14)13-6(4-20)9(17)12-3-8(15)16;2*10-2-1-8(14)13-7(9(15)16)3-6-4-11-5-12-6;1-11-8(10)6-4-2-3-5-7(6)9;8-6-4-2-1-3-5(6)7(9)10;2*1-6-3(5)2-4;3-1-2(4)5;;;/h6-7H,2-5,12H2,1H3,(H,13,18)(H,14,15)(H,16,17)(H,19,20);5-6,20H,1-4,11H2,(H,12,17)(H,13,14)(H,15,16)(H,18,19);2*4-5,7H,1-3,10H2,(H,11,12)(H,13,14)(H,15,16);2-5,9H,1H3;1-4,8H,(H,9,10);2*2,4H2,1H3;1,3H2,(H,4,5);1H3;;/q;;;;;;;;;-1;;. The van der Waals surface area contributed by atoms with Gasteiger partial charge in [0.15, 0.2) is 0 Å². The van der Waals surface area contributed by atoms with Gasteiger partial charge in [-0.05, 0) is 43.4 Å². The molecule has 2 aromatic carbocycles. The fourth-order valence-electron chi connectivity index (χ4n) is 6.47. The Morgan fingerprint density at radius 2 is 0.816 bits per heavy atom. The van der Waals surface area contributed by atoms with E-state index >= 15 is 0 Å². The summed E-state index contributed by atoms with van der Waals surface area (Å²) in [5.41, 5.74) is 36.5. The number of aromatic hydroxyl groups is 2. The van der Waals surface area contributed by atoms with E-state index in [2.05, 4.69) is 84.4 Å². The van der Waals surface area contributed by atoms with Crippen LogP contribution in [0.15, 0.2) is 73.6 Å². The normalized spacial score (nSPS) is 10.9. The fraction of sp³-hybridized carbons (Fsp3) is 0.429. The summed E-state index contributed by atoms with van der Waals surface area (Å²) >= 11 is 5.18. The van der Waals surface area contributed by atoms with Crippen LogP contribution in [0.3, 0.4) is 0 Å². The summed E-state index contributed by atoms with van der Waals surface area (Å²) in [4.78, 5) is 195. The molecule has 634 valence electrons. The van der Waals surface area contributed by atoms with Gasteiger partial charge in [0.25, 0.3) is 0 Å². The van der Waals surface area contributed by atoms with Crippen LogP contribution in [0.2, 0.25) is 0 Å². The van der Waals surface area contributed by atoms with Crippen LogP contribution in [-0.4, -0.2) is 293 Å². The third-order valence-electron chi connectivity index (χ3n) is 12.0. The summed E-state index contributed by atoms with van der Waals surface area (Å²) in [5.74, 6) is -13.5. The number of nitrogens with zero attached hydrogens (tertiary/aromatic N) is 2. The molecule has 32 N–H and O–H groups in total. The molecule has 0 saturated heterocycles. The Morgan fingerprint density at radius 1 is 0.482 bits per heavy atom. The summed E-state index contributed by atoms with van der Waals surface area (Å²) in [6, 6.07) is 5.96. The number of benzene rings is 2. The number of aliphatic carboxylic acids is 7. The first-order valence-corrected chi connectivity index (χ1v) is 33.6. The van der Waals surface area contributed by atoms with Crippen LogP contribution < -0.4 is 72.0 Å². The monoisotopic (exact) mass is 1770 g/mol. The molecular formula is C63H100N17O30S2Zn2-. The molecule has 2 heterocycles. The van der Waals surface area contributed by atoms with Gasteiger partial charge in [-0.15, -0.1) is 0 Å². The molecule has 6 unspecified atom stereocenters. The van der Waals surface area contributed by atoms with Crippen LogP contribution >= 0.6 is 24.4 Å². The van der Waals surface area contributed by atoms with Crippen LogP contribution in [0, 0.1) is 7.43 Å². The zero-order valence-electron chi connectivity index (χ0n) is 62.8. The van der Waals surface area contributed by atoms with Crippen molar-refractivity contribution in [3.63, 3.8) is 0 Å². The molecule has 51 heteroatoms. The summed E-state index contributed by atoms with van der Waals surface area (Å²) in [6.07, 6.45) is 7.83. The van der Waals surface area contributed by atoms with Crippen molar-refractivity contribution in [2.24, 2.45) is 40.1 Å². The maximum absolute atomic E-state index is 11.7. The number of para-hydroxylation sites is 2. The van der Waals surface area contributed by atoms with E-state index in [0.29, 0.717) is 11.4 Å². The maximum atomic E-state index is 11.7. The molecule has 47 nitrogen and oxygen atoms in total. The average molecular weight is 1770 g/mol. The van der Waals surface area contributed by atoms with E-state index in [4.69, 9.17) is 85.5 Å². The Balaban J connectivity index is -0.000000190. The van der Waals surface area contributed by atoms with E-state index in [1.807, 2.05) is 0 Å². The molecule has 6 amide bonds. The number of methoxy groups -OCH3 is 3. The largest absolute Gasteiger partial charge is 0.507 e. The number of carboxylic acid groups (broad SMARTS) is 8. The second-order valence-electron chi connectivity index (χ2n) is 20.6. The number of rotatable bonds is 36. The van der Waals surface area contributed by atoms with Gasteiger partial charge >= 0.3 is 65.7 Å². The van der Waals surface area contributed by atoms with Gasteiger partial charge in [-0.1, -0.05) is 24.3 Å². The minimum Gasteiger partial charge on any atom is -0.507 e. The molecule has 114 heavy (non-hydrogen) atoms. The number of thiol groups is 1. The second kappa shape index (κ2) is 73.6. The van der Waals surface area contributed by atoms with Crippen molar-refractivity contribution in [1.82, 2.24) is 51.8 Å². The van der Waals surface area contributed by atoms with Crippen molar-refractivity contribution in [2.75, 3.05) is 84.9 Å². The molecule has 0 aliphatic rings. The quantitative estimate of drug-likeness (QED) is 0.00662. The number of carbonyl (C=O) groups excluding carboxylic acids is 9. The zero-order chi connectivity index (χ0) is 86.1. The van der Waals surface area contributed by atoms with E-state index in [9.17, 15) is 81.5 Å². The number of ether oxygens (including phenoxy) is 3. The van der Waals surface area contributed by atoms with Crippen molar-refractivity contribution in [3.8, 4) is 11.5 Å². The van der Waals surface area contributed by atoms with Crippen LogP contribution in [-0.2, 0) is 138 Å². The number of phenolic OH excluding ortho intramolecular Hbond substituents is 1. The molecule has 0 aliphatic heterocycles. The van der Waals surface area contributed by atoms with Crippen molar-refractivity contribution < 1.29 is 186 Å². The number of esters is 3. The first-order valence-electron chi connectivity index (χ1n) is 31.5. The number of nitrogens with two attached hydrogens (primary N) is 7. The second-order valence-corrected chi connectivity index (χ2v) is 21.9. The smallest absolute Gasteiger partial charge is 0.341 e. The maximum Gasteiger partial charge on any atom is 0.341 e. The van der Waals surface area contributed by atoms with Crippen LogP contribution in [0.4, 0.5) is 0 Å². The number of aromatic carboxylic acids is 1. The number of carboxylic acids is 8. The first-order chi connectivity index (χ1) is 52.2. The van der Waals surface area contributed by atoms with Gasteiger partial charge in [0.2, 0.25) is 35.4 Å². The molecule has 2 aromatic heterocycles. The minimum absolute atomic E-state index is 0. The topological polar surface area (TPSA) is 832 Å². The van der Waals surface area contributed by atoms with Gasteiger partial charge in [-0.2, -0.15) is 24.4 Å². The van der Waals surface area contributed by atoms with Gasteiger partial charge in [-0.3, -0.25) is 62.3 Å². The van der Waals surface area contributed by atoms with Gasteiger partial charge in [-0.25, -0.2) is 29.1 Å². The van der Waals surface area contributed by atoms with Crippen molar-refractivity contribution >= 4 is 125 Å². The van der Waals surface area contributed by atoms with E-state index in [-0.39, 0.29) is 188 Å². The van der Waals surface area contributed by atoms with Crippen molar-refractivity contribution in [1.29, 1.82) is 0 Å². The minimum atomic E-state index is -1.22. The number of thioether (sulfide) groups is 1. The number of aromatic amines is 2. The van der Waals surface area contributed by atoms with Crippen LogP contribution in [0.5, 0.6) is 11.5 Å². The average Bonchev–Trinajstić information content (AvgIpc) is 1.15. The number of nitrogens with one attached hydrogen (secondary N) is 8. The summed E-state index contributed by atoms with van der Waals surface area (Å²) < 4.78 is 12.7. The third-order valence-corrected chi connectivity index (χ3v) is 13.1. The molecule has 0 bridgehead atoms. The number of hydrogen-bond donors (Lipinski definition) is 26. The molecule has 4 aromatic rings. The van der Waals surface area contributed by atoms with E-state index in [1.54, 1.807) is 30.5 Å². The molecular weight excluding hydrogens is 1670 g/mol. The van der Waals surface area contributed by atoms with Crippen LogP contribution in [0.1, 0.15) is 70.6 Å². The number of carbonyl (C=O) groups is 17. The predicted octanol–water partition coefficient (Wildman–Crippen LogP) is -6.26. The fourth-order valence-corrected chi connectivity index (χ4v) is 7.30. The summed E-state index contributed by atoms with van der Waals surface area (Å²) in [6.45, 7) is -1.05. The summed E-state index contributed by atoms with van der Waals surface area (Å²) in [7, 11) is 3.87. The predicted molar refractivity (Wildman–Crippen MR) is 398 cm³/mol. The molecule has 0 aliphatic carbocycles. The molecule has 4 rings (SSSR count). The molecule has 0 fully saturated rings. The SMILES string of the molecule is COC(=O)CN.COC(=O)CN.COC(=O)c1ccccc1O.CSCC(NC(=O)CCC(N)C(=O)O)C(=O)NCC(=O)O.NC(CCC(=O)NC(CS)C(=O)NCC(=O)O)C(=O)O.NCC(=O)O.NCCC(=O)NC(Cc1cnc[nH]1)C(=O)O.NCCC(=O)NC(Cc1cnc[nH]1)C(=O)O.O=C(O)c1ccccc1O.[CH3-].[Zn].[Zn]. The van der Waals surface area contributed by atoms with Gasteiger partial charge in [0, 0.05) is 126 Å². The Hall–Kier alpha value is -10.9. The molecule has 0 spiro atoms. The number of phenols is 2. The van der Waals surface area contributed by atoms with Crippen LogP contribution in [0.25, 0.3) is 0 Å². The number of amides is 6. The Labute approximate surface area is 687 Å². The number of imidazole rings is 2. The Kier molecular flexibility index (Phi) is 76.7. The third kappa shape index (κ3) is 65.8. The van der Waals surface area contributed by atoms with Gasteiger partial charge < -0.3 is 155 Å². The molecule has 0 saturated carbocycles. The number of aromatic nitrogens is 4. The summed E-state index contributed by atoms with van der Waals surface area (Å²) in [5, 5.41) is 99.6.